The van der Waals surface area contributed by atoms with Crippen molar-refractivity contribution >= 4 is 41.4 Å². The first-order chi connectivity index (χ1) is 11.1. The molecule has 0 aliphatic heterocycles. The molecule has 0 saturated heterocycles. The predicted octanol–water partition coefficient (Wildman–Crippen LogP) is 2.96. The molecule has 0 spiro atoms. The van der Waals surface area contributed by atoms with Crippen molar-refractivity contribution in [1.29, 1.82) is 0 Å². The summed E-state index contributed by atoms with van der Waals surface area (Å²) < 4.78 is 0. The van der Waals surface area contributed by atoms with Crippen molar-refractivity contribution in [2.24, 2.45) is 5.73 Å². The van der Waals surface area contributed by atoms with E-state index in [0.717, 1.165) is 32.1 Å². The number of hydrogen-bond donors (Lipinski definition) is 3. The van der Waals surface area contributed by atoms with Crippen LogP contribution >= 0.6 is 0 Å². The molecule has 24 heavy (non-hydrogen) atoms. The van der Waals surface area contributed by atoms with Gasteiger partial charge < -0.3 is 16.2 Å². The van der Waals surface area contributed by atoms with E-state index >= 15 is 0 Å². The Morgan fingerprint density at radius 1 is 0.917 bits per heavy atom. The molecule has 0 bridgehead atoms. The third-order valence-corrected chi connectivity index (χ3v) is 4.09. The number of aliphatic carboxylic acids is 1. The zero-order chi connectivity index (χ0) is 17.3. The number of carbonyl (C=O) groups excluding carboxylic acids is 1. The molecule has 4 N–H and O–H groups in total. The number of nitrogens with two attached hydrogens (primary N) is 1. The number of rotatable bonds is 16. The van der Waals surface area contributed by atoms with Crippen LogP contribution in [0.5, 0.6) is 0 Å². The molecule has 1 atom stereocenters. The van der Waals surface area contributed by atoms with E-state index in [-0.39, 0.29) is 35.5 Å². The van der Waals surface area contributed by atoms with Gasteiger partial charge >= 0.3 is 35.5 Å². The van der Waals surface area contributed by atoms with E-state index in [2.05, 4.69) is 12.2 Å². The summed E-state index contributed by atoms with van der Waals surface area (Å²) in [4.78, 5) is 22.9. The SMILES string of the molecule is CCCCCCCCCCCC(=O)NC(CCCCN)C(=O)O.[NaH]. The quantitative estimate of drug-likeness (QED) is 0.294. The van der Waals surface area contributed by atoms with Gasteiger partial charge in [0.1, 0.15) is 6.04 Å². The number of hydrogen-bond acceptors (Lipinski definition) is 3. The minimum absolute atomic E-state index is 0. The number of carboxylic acids is 1. The Morgan fingerprint density at radius 3 is 1.96 bits per heavy atom. The first kappa shape index (κ1) is 26.1. The van der Waals surface area contributed by atoms with Gasteiger partial charge in [-0.2, -0.15) is 0 Å². The maximum absolute atomic E-state index is 11.8. The number of carboxylic acid groups (broad SMARTS) is 1. The van der Waals surface area contributed by atoms with Crippen LogP contribution in [0.4, 0.5) is 0 Å². The molecule has 6 heteroatoms. The summed E-state index contributed by atoms with van der Waals surface area (Å²) in [6, 6.07) is -0.771. The molecule has 0 aromatic heterocycles. The first-order valence-electron chi connectivity index (χ1n) is 9.34. The van der Waals surface area contributed by atoms with E-state index in [1.165, 1.54) is 38.5 Å². The number of unbranched alkanes of at least 4 members (excludes halogenated alkanes) is 9. The van der Waals surface area contributed by atoms with E-state index in [0.29, 0.717) is 19.4 Å². The predicted molar refractivity (Wildman–Crippen MR) is 101 cm³/mol. The molecule has 1 unspecified atom stereocenters. The molecule has 138 valence electrons. The van der Waals surface area contributed by atoms with Crippen LogP contribution in [0.1, 0.15) is 90.4 Å². The van der Waals surface area contributed by atoms with Crippen molar-refractivity contribution in [3.63, 3.8) is 0 Å². The van der Waals surface area contributed by atoms with Crippen molar-refractivity contribution in [3.8, 4) is 0 Å². The molecule has 0 aliphatic carbocycles. The van der Waals surface area contributed by atoms with Crippen LogP contribution in [0.2, 0.25) is 0 Å². The van der Waals surface area contributed by atoms with E-state index in [4.69, 9.17) is 10.8 Å². The van der Waals surface area contributed by atoms with Crippen molar-refractivity contribution in [2.75, 3.05) is 6.54 Å². The van der Waals surface area contributed by atoms with Gasteiger partial charge in [0.25, 0.3) is 0 Å². The van der Waals surface area contributed by atoms with Crippen LogP contribution in [0.25, 0.3) is 0 Å². The Morgan fingerprint density at radius 2 is 1.46 bits per heavy atom. The Labute approximate surface area is 169 Å². The van der Waals surface area contributed by atoms with Crippen LogP contribution in [0.3, 0.4) is 0 Å². The van der Waals surface area contributed by atoms with Crippen molar-refractivity contribution in [3.05, 3.63) is 0 Å². The monoisotopic (exact) mass is 352 g/mol. The Kier molecular flexibility index (Phi) is 20.9. The number of carbonyl (C=O) groups is 2. The van der Waals surface area contributed by atoms with Gasteiger partial charge in [0.15, 0.2) is 0 Å². The Balaban J connectivity index is 0. The van der Waals surface area contributed by atoms with Crippen LogP contribution < -0.4 is 11.1 Å². The van der Waals surface area contributed by atoms with Gasteiger partial charge in [0.2, 0.25) is 5.91 Å². The molecular formula is C18H37N2NaO3. The summed E-state index contributed by atoms with van der Waals surface area (Å²) in [6.07, 6.45) is 13.2. The third-order valence-electron chi connectivity index (χ3n) is 4.09. The topological polar surface area (TPSA) is 92.4 Å². The second-order valence-electron chi connectivity index (χ2n) is 6.32. The maximum atomic E-state index is 11.8. The molecule has 0 aliphatic rings. The number of nitrogens with one attached hydrogen (secondary N) is 1. The van der Waals surface area contributed by atoms with E-state index in [1.807, 2.05) is 0 Å². The molecule has 0 fully saturated rings. The van der Waals surface area contributed by atoms with Crippen LogP contribution in [-0.4, -0.2) is 59.1 Å². The molecule has 0 aromatic rings. The molecule has 0 aromatic carbocycles. The van der Waals surface area contributed by atoms with Crippen LogP contribution in [0, 0.1) is 0 Å². The van der Waals surface area contributed by atoms with Crippen molar-refractivity contribution < 1.29 is 14.7 Å². The van der Waals surface area contributed by atoms with Gasteiger partial charge in [-0.05, 0) is 32.2 Å². The summed E-state index contributed by atoms with van der Waals surface area (Å²) >= 11 is 0. The molecule has 0 rings (SSSR count). The summed E-state index contributed by atoms with van der Waals surface area (Å²) in [7, 11) is 0. The third kappa shape index (κ3) is 16.7. The second-order valence-corrected chi connectivity index (χ2v) is 6.32. The number of amides is 1. The zero-order valence-electron chi connectivity index (χ0n) is 14.8. The standard InChI is InChI=1S/C18H36N2O3.Na.H/c1-2-3-4-5-6-7-8-9-10-14-17(21)20-16(18(22)23)13-11-12-15-19;;/h16H,2-15,19H2,1H3,(H,20,21)(H,22,23);;. The van der Waals surface area contributed by atoms with Gasteiger partial charge in [-0.15, -0.1) is 0 Å². The average Bonchev–Trinajstić information content (AvgIpc) is 2.52. The normalized spacial score (nSPS) is 11.6. The average molecular weight is 352 g/mol. The van der Waals surface area contributed by atoms with E-state index < -0.39 is 12.0 Å². The fraction of sp³-hybridized carbons (Fsp3) is 0.889. The molecule has 0 heterocycles. The Bertz CT molecular complexity index is 315. The van der Waals surface area contributed by atoms with Crippen LogP contribution in [0.15, 0.2) is 0 Å². The van der Waals surface area contributed by atoms with Gasteiger partial charge in [0.05, 0.1) is 0 Å². The summed E-state index contributed by atoms with van der Waals surface area (Å²) in [5, 5.41) is 11.7. The molecule has 5 nitrogen and oxygen atoms in total. The van der Waals surface area contributed by atoms with Crippen molar-refractivity contribution in [1.82, 2.24) is 5.32 Å². The summed E-state index contributed by atoms with van der Waals surface area (Å²) in [5.41, 5.74) is 5.40. The van der Waals surface area contributed by atoms with Crippen molar-refractivity contribution in [2.45, 2.75) is 96.4 Å². The molecular weight excluding hydrogens is 315 g/mol. The zero-order valence-corrected chi connectivity index (χ0v) is 14.8. The van der Waals surface area contributed by atoms with Gasteiger partial charge in [-0.1, -0.05) is 58.3 Å². The fourth-order valence-electron chi connectivity index (χ4n) is 2.61. The summed E-state index contributed by atoms with van der Waals surface area (Å²) in [5.74, 6) is -1.10. The first-order valence-corrected chi connectivity index (χ1v) is 9.34. The second kappa shape index (κ2) is 19.2. The molecule has 0 radical (unpaired) electrons. The molecule has 1 amide bonds. The fourth-order valence-corrected chi connectivity index (χ4v) is 2.61. The van der Waals surface area contributed by atoms with Gasteiger partial charge in [-0.3, -0.25) is 4.79 Å². The van der Waals surface area contributed by atoms with Gasteiger partial charge in [0, 0.05) is 6.42 Å². The minimum atomic E-state index is -0.956. The Hall–Kier alpha value is -0.100. The molecule has 0 saturated carbocycles. The summed E-state index contributed by atoms with van der Waals surface area (Å²) in [6.45, 7) is 2.77. The van der Waals surface area contributed by atoms with E-state index in [1.54, 1.807) is 0 Å². The van der Waals surface area contributed by atoms with Crippen LogP contribution in [-0.2, 0) is 9.59 Å². The van der Waals surface area contributed by atoms with E-state index in [9.17, 15) is 9.59 Å². The van der Waals surface area contributed by atoms with Gasteiger partial charge in [-0.25, -0.2) is 4.79 Å².